The van der Waals surface area contributed by atoms with Crippen molar-refractivity contribution >= 4 is 11.7 Å². The van der Waals surface area contributed by atoms with E-state index in [9.17, 15) is 9.18 Å². The van der Waals surface area contributed by atoms with Crippen LogP contribution in [-0.2, 0) is 6.67 Å². The van der Waals surface area contributed by atoms with Crippen LogP contribution in [0.15, 0.2) is 18.2 Å². The van der Waals surface area contributed by atoms with Crippen LogP contribution < -0.4 is 5.73 Å². The van der Waals surface area contributed by atoms with E-state index in [-0.39, 0.29) is 16.8 Å². The normalized spacial score (nSPS) is 9.75. The highest BCUT2D eigenvalue weighted by Gasteiger charge is 2.09. The number of rotatable bonds is 2. The molecule has 0 saturated carbocycles. The Morgan fingerprint density at radius 2 is 2.25 bits per heavy atom. The minimum atomic E-state index is -1.14. The van der Waals surface area contributed by atoms with Gasteiger partial charge in [0.1, 0.15) is 6.67 Å². The van der Waals surface area contributed by atoms with Gasteiger partial charge in [-0.1, -0.05) is 12.1 Å². The Bertz CT molecular complexity index is 312. The molecule has 0 spiro atoms. The van der Waals surface area contributed by atoms with Gasteiger partial charge in [0, 0.05) is 5.56 Å². The van der Waals surface area contributed by atoms with Crippen LogP contribution in [0.3, 0.4) is 0 Å². The predicted molar refractivity (Wildman–Crippen MR) is 42.6 cm³/mol. The van der Waals surface area contributed by atoms with E-state index in [1.807, 2.05) is 0 Å². The van der Waals surface area contributed by atoms with Crippen molar-refractivity contribution in [1.82, 2.24) is 0 Å². The molecule has 0 atom stereocenters. The molecule has 1 rings (SSSR count). The lowest BCUT2D eigenvalue weighted by atomic mass is 10.1. The van der Waals surface area contributed by atoms with Gasteiger partial charge in [0.2, 0.25) is 0 Å². The smallest absolute Gasteiger partial charge is 0.337 e. The van der Waals surface area contributed by atoms with Crippen molar-refractivity contribution in [2.75, 3.05) is 5.73 Å². The lowest BCUT2D eigenvalue weighted by Crippen LogP contribution is -2.04. The zero-order valence-electron chi connectivity index (χ0n) is 6.25. The topological polar surface area (TPSA) is 63.3 Å². The molecular formula is C8H8FNO2. The maximum Gasteiger partial charge on any atom is 0.337 e. The third-order valence-corrected chi connectivity index (χ3v) is 1.57. The van der Waals surface area contributed by atoms with Crippen molar-refractivity contribution in [3.8, 4) is 0 Å². The molecule has 0 radical (unpaired) electrons. The number of nitrogen functional groups attached to an aromatic ring is 1. The van der Waals surface area contributed by atoms with Gasteiger partial charge in [0.15, 0.2) is 0 Å². The summed E-state index contributed by atoms with van der Waals surface area (Å²) in [4.78, 5) is 10.5. The molecule has 12 heavy (non-hydrogen) atoms. The maximum atomic E-state index is 12.2. The first kappa shape index (κ1) is 8.52. The average Bonchev–Trinajstić information content (AvgIpc) is 2.04. The van der Waals surface area contributed by atoms with Gasteiger partial charge in [0.25, 0.3) is 0 Å². The molecule has 0 aromatic heterocycles. The summed E-state index contributed by atoms with van der Waals surface area (Å²) in [6, 6.07) is 4.27. The number of hydrogen-bond acceptors (Lipinski definition) is 2. The molecular weight excluding hydrogens is 161 g/mol. The molecule has 0 aliphatic heterocycles. The second-order valence-corrected chi connectivity index (χ2v) is 2.32. The van der Waals surface area contributed by atoms with E-state index in [0.717, 1.165) is 0 Å². The molecule has 4 heteroatoms. The van der Waals surface area contributed by atoms with Crippen molar-refractivity contribution in [2.45, 2.75) is 6.67 Å². The first-order chi connectivity index (χ1) is 5.66. The number of halogens is 1. The largest absolute Gasteiger partial charge is 0.478 e. The standard InChI is InChI=1S/C8H8FNO2/c9-4-5-2-1-3-6(7(5)10)8(11)12/h1-3H,4,10H2,(H,11,12). The average molecular weight is 169 g/mol. The molecule has 0 unspecified atom stereocenters. The molecule has 3 nitrogen and oxygen atoms in total. The number of carboxylic acid groups (broad SMARTS) is 1. The Balaban J connectivity index is 3.23. The summed E-state index contributed by atoms with van der Waals surface area (Å²) >= 11 is 0. The fourth-order valence-electron chi connectivity index (χ4n) is 0.916. The number of hydrogen-bond donors (Lipinski definition) is 2. The summed E-state index contributed by atoms with van der Waals surface area (Å²) in [7, 11) is 0. The van der Waals surface area contributed by atoms with Crippen molar-refractivity contribution in [3.05, 3.63) is 29.3 Å². The third kappa shape index (κ3) is 1.37. The van der Waals surface area contributed by atoms with E-state index in [1.165, 1.54) is 18.2 Å². The molecule has 0 bridgehead atoms. The Kier molecular flexibility index (Phi) is 2.28. The number of carbonyl (C=O) groups is 1. The number of anilines is 1. The zero-order valence-corrected chi connectivity index (χ0v) is 6.25. The van der Waals surface area contributed by atoms with Gasteiger partial charge in [-0.15, -0.1) is 0 Å². The molecule has 0 heterocycles. The van der Waals surface area contributed by atoms with E-state index in [0.29, 0.717) is 0 Å². The Hall–Kier alpha value is -1.58. The first-order valence-corrected chi connectivity index (χ1v) is 3.33. The van der Waals surface area contributed by atoms with Crippen molar-refractivity contribution in [3.63, 3.8) is 0 Å². The molecule has 0 amide bonds. The van der Waals surface area contributed by atoms with Gasteiger partial charge < -0.3 is 10.8 Å². The van der Waals surface area contributed by atoms with Crippen molar-refractivity contribution in [2.24, 2.45) is 0 Å². The molecule has 1 aromatic rings. The van der Waals surface area contributed by atoms with Crippen molar-refractivity contribution < 1.29 is 14.3 Å². The van der Waals surface area contributed by atoms with Gasteiger partial charge in [0.05, 0.1) is 11.3 Å². The maximum absolute atomic E-state index is 12.2. The Labute approximate surface area is 68.6 Å². The van der Waals surface area contributed by atoms with Crippen molar-refractivity contribution in [1.29, 1.82) is 0 Å². The first-order valence-electron chi connectivity index (χ1n) is 3.33. The number of benzene rings is 1. The molecule has 0 aliphatic rings. The van der Waals surface area contributed by atoms with Crippen LogP contribution in [0, 0.1) is 0 Å². The second kappa shape index (κ2) is 3.21. The lowest BCUT2D eigenvalue weighted by Gasteiger charge is -2.03. The van der Waals surface area contributed by atoms with Gasteiger partial charge in [-0.25, -0.2) is 9.18 Å². The number of alkyl halides is 1. The van der Waals surface area contributed by atoms with Crippen LogP contribution in [0.25, 0.3) is 0 Å². The zero-order chi connectivity index (χ0) is 9.14. The van der Waals surface area contributed by atoms with E-state index in [1.54, 1.807) is 0 Å². The van der Waals surface area contributed by atoms with Crippen LogP contribution in [0.5, 0.6) is 0 Å². The van der Waals surface area contributed by atoms with Crippen LogP contribution in [0.2, 0.25) is 0 Å². The number of para-hydroxylation sites is 1. The molecule has 3 N–H and O–H groups in total. The fraction of sp³-hybridized carbons (Fsp3) is 0.125. The summed E-state index contributed by atoms with van der Waals surface area (Å²) in [5, 5.41) is 8.58. The number of carboxylic acids is 1. The fourth-order valence-corrected chi connectivity index (χ4v) is 0.916. The monoisotopic (exact) mass is 169 g/mol. The van der Waals surface area contributed by atoms with Gasteiger partial charge in [-0.05, 0) is 6.07 Å². The van der Waals surface area contributed by atoms with E-state index < -0.39 is 12.6 Å². The molecule has 64 valence electrons. The van der Waals surface area contributed by atoms with Crippen LogP contribution in [0.4, 0.5) is 10.1 Å². The number of aromatic carboxylic acids is 1. The summed E-state index contributed by atoms with van der Waals surface area (Å²) in [5.74, 6) is -1.14. The Morgan fingerprint density at radius 3 is 2.75 bits per heavy atom. The lowest BCUT2D eigenvalue weighted by molar-refractivity contribution is 0.0698. The van der Waals surface area contributed by atoms with Gasteiger partial charge in [-0.2, -0.15) is 0 Å². The summed E-state index contributed by atoms with van der Waals surface area (Å²) in [6.07, 6.45) is 0. The highest BCUT2D eigenvalue weighted by molar-refractivity contribution is 5.94. The van der Waals surface area contributed by atoms with Crippen LogP contribution >= 0.6 is 0 Å². The minimum Gasteiger partial charge on any atom is -0.478 e. The highest BCUT2D eigenvalue weighted by atomic mass is 19.1. The highest BCUT2D eigenvalue weighted by Crippen LogP contribution is 2.18. The molecule has 1 aromatic carbocycles. The van der Waals surface area contributed by atoms with E-state index in [4.69, 9.17) is 10.8 Å². The van der Waals surface area contributed by atoms with Crippen LogP contribution in [-0.4, -0.2) is 11.1 Å². The van der Waals surface area contributed by atoms with E-state index >= 15 is 0 Å². The van der Waals surface area contributed by atoms with E-state index in [2.05, 4.69) is 0 Å². The number of nitrogens with two attached hydrogens (primary N) is 1. The summed E-state index contributed by atoms with van der Waals surface area (Å²) in [5.41, 5.74) is 5.55. The minimum absolute atomic E-state index is 0.00694. The van der Waals surface area contributed by atoms with Crippen LogP contribution in [0.1, 0.15) is 15.9 Å². The third-order valence-electron chi connectivity index (χ3n) is 1.57. The Morgan fingerprint density at radius 1 is 1.58 bits per heavy atom. The van der Waals surface area contributed by atoms with Gasteiger partial charge in [-0.3, -0.25) is 0 Å². The molecule has 0 saturated heterocycles. The quantitative estimate of drug-likeness (QED) is 0.658. The summed E-state index contributed by atoms with van der Waals surface area (Å²) < 4.78 is 12.2. The SMILES string of the molecule is Nc1c(CF)cccc1C(=O)O. The molecule has 0 fully saturated rings. The summed E-state index contributed by atoms with van der Waals surface area (Å²) in [6.45, 7) is -0.743. The second-order valence-electron chi connectivity index (χ2n) is 2.32. The predicted octanol–water partition coefficient (Wildman–Crippen LogP) is 1.44. The molecule has 0 aliphatic carbocycles. The van der Waals surface area contributed by atoms with Gasteiger partial charge >= 0.3 is 5.97 Å².